The van der Waals surface area contributed by atoms with Crippen LogP contribution in [0, 0.1) is 0 Å². The molecule has 0 fully saturated rings. The molecule has 8 heteroatoms. The number of pyridine rings is 1. The molecule has 0 atom stereocenters. The molecule has 1 aromatic carbocycles. The van der Waals surface area contributed by atoms with Crippen LogP contribution in [0.15, 0.2) is 53.7 Å². The van der Waals surface area contributed by atoms with Gasteiger partial charge in [0.2, 0.25) is 5.91 Å². The molecule has 0 saturated heterocycles. The quantitative estimate of drug-likeness (QED) is 0.265. The SMILES string of the molecule is CN(C)C(=O)CNC(=NCc1ccccc1)NCCc1ccc(Cl)nc1.I. The second kappa shape index (κ2) is 12.5. The number of aliphatic imine (C=N–C) groups is 1. The van der Waals surface area contributed by atoms with E-state index in [0.717, 1.165) is 17.5 Å². The van der Waals surface area contributed by atoms with Crippen LogP contribution in [0.1, 0.15) is 11.1 Å². The normalized spacial score (nSPS) is 10.7. The van der Waals surface area contributed by atoms with E-state index in [1.165, 1.54) is 0 Å². The van der Waals surface area contributed by atoms with Crippen molar-refractivity contribution in [1.82, 2.24) is 20.5 Å². The summed E-state index contributed by atoms with van der Waals surface area (Å²) < 4.78 is 0. The van der Waals surface area contributed by atoms with Crippen LogP contribution in [0.5, 0.6) is 0 Å². The van der Waals surface area contributed by atoms with Crippen molar-refractivity contribution in [3.63, 3.8) is 0 Å². The second-order valence-electron chi connectivity index (χ2n) is 5.96. The highest BCUT2D eigenvalue weighted by Crippen LogP contribution is 2.05. The summed E-state index contributed by atoms with van der Waals surface area (Å²) in [6.45, 7) is 1.39. The number of hydrogen-bond donors (Lipinski definition) is 2. The highest BCUT2D eigenvalue weighted by molar-refractivity contribution is 14.0. The van der Waals surface area contributed by atoms with Gasteiger partial charge in [-0.1, -0.05) is 48.0 Å². The lowest BCUT2D eigenvalue weighted by atomic mass is 10.2. The van der Waals surface area contributed by atoms with Crippen molar-refractivity contribution in [3.8, 4) is 0 Å². The molecule has 0 unspecified atom stereocenters. The number of guanidine groups is 1. The number of likely N-dealkylation sites (N-methyl/N-ethyl adjacent to an activating group) is 1. The molecule has 2 rings (SSSR count). The van der Waals surface area contributed by atoms with Gasteiger partial charge < -0.3 is 15.5 Å². The number of hydrogen-bond acceptors (Lipinski definition) is 3. The van der Waals surface area contributed by atoms with Crippen LogP contribution < -0.4 is 10.6 Å². The van der Waals surface area contributed by atoms with Crippen molar-refractivity contribution in [2.75, 3.05) is 27.2 Å². The maximum absolute atomic E-state index is 11.8. The van der Waals surface area contributed by atoms with E-state index in [2.05, 4.69) is 20.6 Å². The van der Waals surface area contributed by atoms with Crippen molar-refractivity contribution in [1.29, 1.82) is 0 Å². The molecule has 0 radical (unpaired) electrons. The fourth-order valence-corrected chi connectivity index (χ4v) is 2.24. The third-order valence-electron chi connectivity index (χ3n) is 3.66. The minimum Gasteiger partial charge on any atom is -0.356 e. The van der Waals surface area contributed by atoms with E-state index in [9.17, 15) is 4.79 Å². The van der Waals surface area contributed by atoms with Crippen LogP contribution in [-0.2, 0) is 17.8 Å². The summed E-state index contributed by atoms with van der Waals surface area (Å²) in [5.74, 6) is 0.590. The van der Waals surface area contributed by atoms with Crippen LogP contribution in [0.25, 0.3) is 0 Å². The fourth-order valence-electron chi connectivity index (χ4n) is 2.13. The third-order valence-corrected chi connectivity index (χ3v) is 3.89. The van der Waals surface area contributed by atoms with Gasteiger partial charge in [-0.2, -0.15) is 0 Å². The summed E-state index contributed by atoms with van der Waals surface area (Å²) >= 11 is 5.80. The average Bonchev–Trinajstić information content (AvgIpc) is 2.65. The van der Waals surface area contributed by atoms with Gasteiger partial charge in [-0.15, -0.1) is 24.0 Å². The number of rotatable bonds is 7. The predicted octanol–water partition coefficient (Wildman–Crippen LogP) is 2.72. The lowest BCUT2D eigenvalue weighted by molar-refractivity contribution is -0.127. The van der Waals surface area contributed by atoms with E-state index < -0.39 is 0 Å². The first-order valence-electron chi connectivity index (χ1n) is 8.41. The summed E-state index contributed by atoms with van der Waals surface area (Å²) in [4.78, 5) is 22.0. The Morgan fingerprint density at radius 1 is 1.11 bits per heavy atom. The van der Waals surface area contributed by atoms with Crippen LogP contribution in [0.4, 0.5) is 0 Å². The molecule has 0 aliphatic heterocycles. The summed E-state index contributed by atoms with van der Waals surface area (Å²) in [6, 6.07) is 13.7. The maximum Gasteiger partial charge on any atom is 0.241 e. The number of benzene rings is 1. The zero-order chi connectivity index (χ0) is 18.8. The van der Waals surface area contributed by atoms with Gasteiger partial charge in [-0.25, -0.2) is 9.98 Å². The van der Waals surface area contributed by atoms with Crippen LogP contribution in [-0.4, -0.2) is 48.9 Å². The lowest BCUT2D eigenvalue weighted by Gasteiger charge is -2.15. The molecule has 0 bridgehead atoms. The van der Waals surface area contributed by atoms with E-state index in [-0.39, 0.29) is 36.4 Å². The molecule has 6 nitrogen and oxygen atoms in total. The Kier molecular flexibility index (Phi) is 10.7. The van der Waals surface area contributed by atoms with Crippen molar-refractivity contribution in [3.05, 3.63) is 64.9 Å². The minimum absolute atomic E-state index is 0. The van der Waals surface area contributed by atoms with Gasteiger partial charge in [0.15, 0.2) is 5.96 Å². The van der Waals surface area contributed by atoms with E-state index in [1.807, 2.05) is 36.4 Å². The Bertz CT molecular complexity index is 723. The molecule has 1 aromatic heterocycles. The van der Waals surface area contributed by atoms with Gasteiger partial charge in [-0.3, -0.25) is 4.79 Å². The Hall–Kier alpha value is -1.87. The highest BCUT2D eigenvalue weighted by atomic mass is 127. The molecule has 0 aliphatic carbocycles. The van der Waals surface area contributed by atoms with Gasteiger partial charge in [0.1, 0.15) is 5.15 Å². The standard InChI is InChI=1S/C19H24ClN5O.HI/c1-25(2)18(26)14-24-19(23-13-15-6-4-3-5-7-15)21-11-10-16-8-9-17(20)22-12-16;/h3-9,12H,10-11,13-14H2,1-2H3,(H2,21,23,24);1H. The first-order valence-corrected chi connectivity index (χ1v) is 8.79. The van der Waals surface area contributed by atoms with E-state index >= 15 is 0 Å². The molecule has 146 valence electrons. The molecule has 0 aliphatic rings. The Labute approximate surface area is 182 Å². The van der Waals surface area contributed by atoms with Gasteiger partial charge in [0.25, 0.3) is 0 Å². The summed E-state index contributed by atoms with van der Waals surface area (Å²) in [5.41, 5.74) is 2.18. The zero-order valence-electron chi connectivity index (χ0n) is 15.5. The largest absolute Gasteiger partial charge is 0.356 e. The summed E-state index contributed by atoms with van der Waals surface area (Å²) in [6.07, 6.45) is 2.53. The monoisotopic (exact) mass is 501 g/mol. The Morgan fingerprint density at radius 3 is 2.48 bits per heavy atom. The number of carbonyl (C=O) groups excluding carboxylic acids is 1. The average molecular weight is 502 g/mol. The number of aromatic nitrogens is 1. The fraction of sp³-hybridized carbons (Fsp3) is 0.316. The van der Waals surface area contributed by atoms with Crippen LogP contribution >= 0.6 is 35.6 Å². The van der Waals surface area contributed by atoms with Crippen LogP contribution in [0.3, 0.4) is 0 Å². The maximum atomic E-state index is 11.8. The van der Waals surface area contributed by atoms with E-state index in [1.54, 1.807) is 31.3 Å². The molecule has 1 heterocycles. The van der Waals surface area contributed by atoms with E-state index in [4.69, 9.17) is 11.6 Å². The molecular formula is C19H25ClIN5O. The third kappa shape index (κ3) is 9.05. The lowest BCUT2D eigenvalue weighted by Crippen LogP contribution is -2.43. The molecule has 0 spiro atoms. The van der Waals surface area contributed by atoms with Crippen LogP contribution in [0.2, 0.25) is 5.15 Å². The smallest absolute Gasteiger partial charge is 0.241 e. The molecule has 0 saturated carbocycles. The van der Waals surface area contributed by atoms with Crippen molar-refractivity contribution in [2.24, 2.45) is 4.99 Å². The molecular weight excluding hydrogens is 477 g/mol. The van der Waals surface area contributed by atoms with Crippen molar-refractivity contribution in [2.45, 2.75) is 13.0 Å². The predicted molar refractivity (Wildman–Crippen MR) is 121 cm³/mol. The Morgan fingerprint density at radius 2 is 1.85 bits per heavy atom. The molecule has 1 amide bonds. The first-order chi connectivity index (χ1) is 12.5. The number of nitrogens with one attached hydrogen (secondary N) is 2. The van der Waals surface area contributed by atoms with Crippen molar-refractivity contribution < 1.29 is 4.79 Å². The molecule has 27 heavy (non-hydrogen) atoms. The molecule has 2 aromatic rings. The molecule has 2 N–H and O–H groups in total. The summed E-state index contributed by atoms with van der Waals surface area (Å²) in [5, 5.41) is 6.81. The minimum atomic E-state index is -0.0129. The first kappa shape index (κ1) is 23.2. The van der Waals surface area contributed by atoms with E-state index in [0.29, 0.717) is 24.2 Å². The number of amides is 1. The zero-order valence-corrected chi connectivity index (χ0v) is 18.6. The Balaban J connectivity index is 0.00000364. The van der Waals surface area contributed by atoms with Crippen molar-refractivity contribution >= 4 is 47.4 Å². The van der Waals surface area contributed by atoms with Gasteiger partial charge in [-0.05, 0) is 23.6 Å². The number of nitrogens with zero attached hydrogens (tertiary/aromatic N) is 3. The second-order valence-corrected chi connectivity index (χ2v) is 6.35. The number of halogens is 2. The number of carbonyl (C=O) groups is 1. The van der Waals surface area contributed by atoms with Gasteiger partial charge >= 0.3 is 0 Å². The topological polar surface area (TPSA) is 69.6 Å². The van der Waals surface area contributed by atoms with Gasteiger partial charge in [0.05, 0.1) is 13.1 Å². The van der Waals surface area contributed by atoms with Gasteiger partial charge in [0, 0.05) is 26.8 Å². The highest BCUT2D eigenvalue weighted by Gasteiger charge is 2.06. The summed E-state index contributed by atoms with van der Waals surface area (Å²) in [7, 11) is 3.46.